The number of aryl methyl sites for hydroxylation is 1. The van der Waals surface area contributed by atoms with Gasteiger partial charge in [-0.15, -0.1) is 0 Å². The summed E-state index contributed by atoms with van der Waals surface area (Å²) in [6.07, 6.45) is 9.40. The molecule has 2 saturated carbocycles. The average Bonchev–Trinajstić information content (AvgIpc) is 3.01. The molecule has 0 saturated heterocycles. The molecule has 0 amide bonds. The Morgan fingerprint density at radius 3 is 3.00 bits per heavy atom. The van der Waals surface area contributed by atoms with E-state index in [1.165, 1.54) is 25.7 Å². The molecule has 1 heterocycles. The Morgan fingerprint density at radius 1 is 1.38 bits per heavy atom. The molecule has 0 aromatic carbocycles. The molecule has 16 heavy (non-hydrogen) atoms. The predicted octanol–water partition coefficient (Wildman–Crippen LogP) is 2.47. The highest BCUT2D eigenvalue weighted by Crippen LogP contribution is 2.52. The predicted molar refractivity (Wildman–Crippen MR) is 62.1 cm³/mol. The van der Waals surface area contributed by atoms with E-state index in [1.807, 2.05) is 6.20 Å². The Hall–Kier alpha value is -0.830. The fourth-order valence-corrected chi connectivity index (χ4v) is 3.46. The number of rotatable bonds is 4. The number of hydrogen-bond donors (Lipinski definition) is 1. The van der Waals surface area contributed by atoms with Crippen molar-refractivity contribution in [1.82, 2.24) is 4.98 Å². The monoisotopic (exact) mass is 220 g/mol. The second kappa shape index (κ2) is 4.21. The lowest BCUT2D eigenvalue weighted by molar-refractivity contribution is 0.343. The second-order valence-corrected chi connectivity index (χ2v) is 5.33. The molecule has 2 N–H and O–H groups in total. The van der Waals surface area contributed by atoms with Gasteiger partial charge in [-0.25, -0.2) is 4.98 Å². The molecule has 2 fully saturated rings. The van der Waals surface area contributed by atoms with E-state index in [0.29, 0.717) is 12.5 Å². The van der Waals surface area contributed by atoms with Crippen LogP contribution in [-0.2, 0) is 6.42 Å². The van der Waals surface area contributed by atoms with Crippen molar-refractivity contribution in [3.8, 4) is 0 Å². The molecule has 0 radical (unpaired) electrons. The summed E-state index contributed by atoms with van der Waals surface area (Å²) in [5.41, 5.74) is 5.49. The maximum Gasteiger partial charge on any atom is 0.194 e. The van der Waals surface area contributed by atoms with Crippen molar-refractivity contribution in [1.29, 1.82) is 0 Å². The molecule has 3 heteroatoms. The summed E-state index contributed by atoms with van der Waals surface area (Å²) in [5, 5.41) is 0. The maximum atomic E-state index is 5.86. The van der Waals surface area contributed by atoms with Crippen molar-refractivity contribution in [3.05, 3.63) is 17.8 Å². The Kier molecular flexibility index (Phi) is 2.72. The third kappa shape index (κ3) is 1.77. The third-order valence-electron chi connectivity index (χ3n) is 4.27. The van der Waals surface area contributed by atoms with E-state index in [-0.39, 0.29) is 0 Å². The minimum absolute atomic E-state index is 0.665. The molecule has 0 aliphatic heterocycles. The molecule has 3 atom stereocenters. The van der Waals surface area contributed by atoms with Crippen LogP contribution in [0.3, 0.4) is 0 Å². The standard InChI is InChI=1S/C13H20N2O/c14-5-1-2-13-15-8-12(16-13)11-7-9-3-4-10(11)6-9/h8-11H,1-7,14H2. The number of oxazole rings is 1. The normalized spacial score (nSPS) is 32.4. The van der Waals surface area contributed by atoms with Crippen LogP contribution in [0.25, 0.3) is 0 Å². The Morgan fingerprint density at radius 2 is 2.31 bits per heavy atom. The SMILES string of the molecule is NCCCc1ncc(C2CC3CCC2C3)o1. The van der Waals surface area contributed by atoms with Crippen molar-refractivity contribution in [3.63, 3.8) is 0 Å². The molecular weight excluding hydrogens is 200 g/mol. The topological polar surface area (TPSA) is 52.0 Å². The van der Waals surface area contributed by atoms with Crippen molar-refractivity contribution in [2.75, 3.05) is 6.54 Å². The van der Waals surface area contributed by atoms with Crippen LogP contribution in [0.2, 0.25) is 0 Å². The molecule has 1 aromatic heterocycles. The number of aromatic nitrogens is 1. The van der Waals surface area contributed by atoms with E-state index < -0.39 is 0 Å². The van der Waals surface area contributed by atoms with Crippen LogP contribution < -0.4 is 5.73 Å². The highest BCUT2D eigenvalue weighted by molar-refractivity contribution is 5.10. The zero-order valence-corrected chi connectivity index (χ0v) is 9.69. The van der Waals surface area contributed by atoms with Gasteiger partial charge in [0.25, 0.3) is 0 Å². The first kappa shape index (κ1) is 10.3. The van der Waals surface area contributed by atoms with Gasteiger partial charge in [0.05, 0.1) is 6.20 Å². The summed E-state index contributed by atoms with van der Waals surface area (Å²) in [5.74, 6) is 4.52. The van der Waals surface area contributed by atoms with E-state index in [0.717, 1.165) is 36.3 Å². The number of nitrogens with zero attached hydrogens (tertiary/aromatic N) is 1. The summed E-state index contributed by atoms with van der Waals surface area (Å²) < 4.78 is 5.86. The van der Waals surface area contributed by atoms with E-state index in [1.54, 1.807) is 0 Å². The first-order chi connectivity index (χ1) is 7.86. The number of hydrogen-bond acceptors (Lipinski definition) is 3. The lowest BCUT2D eigenvalue weighted by Gasteiger charge is -2.18. The van der Waals surface area contributed by atoms with Gasteiger partial charge in [-0.1, -0.05) is 6.42 Å². The molecule has 88 valence electrons. The first-order valence-corrected chi connectivity index (χ1v) is 6.51. The summed E-state index contributed by atoms with van der Waals surface area (Å²) in [6, 6.07) is 0. The van der Waals surface area contributed by atoms with Gasteiger partial charge in [-0.2, -0.15) is 0 Å². The van der Waals surface area contributed by atoms with Crippen LogP contribution >= 0.6 is 0 Å². The van der Waals surface area contributed by atoms with Gasteiger partial charge in [-0.05, 0) is 44.1 Å². The molecule has 2 aliphatic rings. The second-order valence-electron chi connectivity index (χ2n) is 5.33. The lowest BCUT2D eigenvalue weighted by atomic mass is 9.87. The molecule has 3 unspecified atom stereocenters. The first-order valence-electron chi connectivity index (χ1n) is 6.51. The average molecular weight is 220 g/mol. The van der Waals surface area contributed by atoms with E-state index in [4.69, 9.17) is 10.2 Å². The summed E-state index contributed by atoms with van der Waals surface area (Å²) >= 11 is 0. The van der Waals surface area contributed by atoms with Gasteiger partial charge in [0.1, 0.15) is 5.76 Å². The van der Waals surface area contributed by atoms with Crippen LogP contribution in [0.1, 0.15) is 49.7 Å². The number of fused-ring (bicyclic) bond motifs is 2. The summed E-state index contributed by atoms with van der Waals surface area (Å²) in [6.45, 7) is 0.714. The largest absolute Gasteiger partial charge is 0.445 e. The third-order valence-corrected chi connectivity index (χ3v) is 4.27. The fraction of sp³-hybridized carbons (Fsp3) is 0.769. The maximum absolute atomic E-state index is 5.86. The summed E-state index contributed by atoms with van der Waals surface area (Å²) in [7, 11) is 0. The molecule has 2 bridgehead atoms. The van der Waals surface area contributed by atoms with Crippen LogP contribution in [0, 0.1) is 11.8 Å². The van der Waals surface area contributed by atoms with Crippen LogP contribution in [0.15, 0.2) is 10.6 Å². The molecule has 2 aliphatic carbocycles. The van der Waals surface area contributed by atoms with Crippen LogP contribution in [-0.4, -0.2) is 11.5 Å². The van der Waals surface area contributed by atoms with Gasteiger partial charge < -0.3 is 10.2 Å². The van der Waals surface area contributed by atoms with E-state index >= 15 is 0 Å². The Balaban J connectivity index is 1.68. The highest BCUT2D eigenvalue weighted by atomic mass is 16.4. The molecule has 3 nitrogen and oxygen atoms in total. The minimum Gasteiger partial charge on any atom is -0.445 e. The minimum atomic E-state index is 0.665. The number of nitrogens with two attached hydrogens (primary N) is 1. The van der Waals surface area contributed by atoms with Gasteiger partial charge in [-0.3, -0.25) is 0 Å². The zero-order chi connectivity index (χ0) is 11.0. The molecular formula is C13H20N2O. The van der Waals surface area contributed by atoms with Crippen LogP contribution in [0.4, 0.5) is 0 Å². The lowest BCUT2D eigenvalue weighted by Crippen LogP contribution is -2.07. The summed E-state index contributed by atoms with van der Waals surface area (Å²) in [4.78, 5) is 4.36. The molecule has 3 rings (SSSR count). The van der Waals surface area contributed by atoms with Crippen molar-refractivity contribution < 1.29 is 4.42 Å². The van der Waals surface area contributed by atoms with Crippen molar-refractivity contribution in [2.45, 2.75) is 44.4 Å². The molecule has 1 aromatic rings. The zero-order valence-electron chi connectivity index (χ0n) is 9.69. The van der Waals surface area contributed by atoms with Crippen molar-refractivity contribution >= 4 is 0 Å². The van der Waals surface area contributed by atoms with E-state index in [2.05, 4.69) is 4.98 Å². The quantitative estimate of drug-likeness (QED) is 0.848. The van der Waals surface area contributed by atoms with E-state index in [9.17, 15) is 0 Å². The van der Waals surface area contributed by atoms with Crippen molar-refractivity contribution in [2.24, 2.45) is 17.6 Å². The van der Waals surface area contributed by atoms with Crippen LogP contribution in [0.5, 0.6) is 0 Å². The van der Waals surface area contributed by atoms with Gasteiger partial charge in [0.2, 0.25) is 0 Å². The smallest absolute Gasteiger partial charge is 0.194 e. The fourth-order valence-electron chi connectivity index (χ4n) is 3.46. The van der Waals surface area contributed by atoms with Gasteiger partial charge in [0, 0.05) is 12.3 Å². The Labute approximate surface area is 96.4 Å². The molecule has 0 spiro atoms. The van der Waals surface area contributed by atoms with Gasteiger partial charge in [0.15, 0.2) is 5.89 Å². The Bertz CT molecular complexity index is 361. The highest BCUT2D eigenvalue weighted by Gasteiger charge is 2.41. The van der Waals surface area contributed by atoms with Gasteiger partial charge >= 0.3 is 0 Å².